The van der Waals surface area contributed by atoms with Crippen LogP contribution >= 0.6 is 11.8 Å². The SMILES string of the molecule is CC[C@@]1(C)Cc2nc3nc(SCc4ccc(OC(C)C)cc4)n(-c4ccc(C)cc4)c(=O)c3cc2CO1. The first-order valence-corrected chi connectivity index (χ1v) is 13.8. The summed E-state index contributed by atoms with van der Waals surface area (Å²) in [6.45, 7) is 10.8. The molecule has 0 bridgehead atoms. The molecule has 7 heteroatoms. The van der Waals surface area contributed by atoms with E-state index < -0.39 is 0 Å². The monoisotopic (exact) mass is 515 g/mol. The van der Waals surface area contributed by atoms with E-state index in [4.69, 9.17) is 19.4 Å². The first-order valence-electron chi connectivity index (χ1n) is 12.8. The summed E-state index contributed by atoms with van der Waals surface area (Å²) in [7, 11) is 0. The Bertz CT molecular complexity index is 1480. The minimum absolute atomic E-state index is 0.115. The molecule has 2 aromatic heterocycles. The Morgan fingerprint density at radius 3 is 2.51 bits per heavy atom. The van der Waals surface area contributed by atoms with Crippen molar-refractivity contribution < 1.29 is 9.47 Å². The number of hydrogen-bond acceptors (Lipinski definition) is 6. The summed E-state index contributed by atoms with van der Waals surface area (Å²) in [6, 6.07) is 18.0. The number of aryl methyl sites for hydroxylation is 1. The van der Waals surface area contributed by atoms with E-state index in [1.165, 1.54) is 11.8 Å². The summed E-state index contributed by atoms with van der Waals surface area (Å²) < 4.78 is 13.6. The highest BCUT2D eigenvalue weighted by Crippen LogP contribution is 2.31. The number of ether oxygens (including phenoxy) is 2. The van der Waals surface area contributed by atoms with Crippen LogP contribution < -0.4 is 10.3 Å². The number of thioether (sulfide) groups is 1. The smallest absolute Gasteiger partial charge is 0.268 e. The first-order chi connectivity index (χ1) is 17.7. The summed E-state index contributed by atoms with van der Waals surface area (Å²) in [5.41, 5.74) is 5.13. The summed E-state index contributed by atoms with van der Waals surface area (Å²) in [5, 5.41) is 1.14. The molecule has 2 aromatic carbocycles. The van der Waals surface area contributed by atoms with Gasteiger partial charge < -0.3 is 9.47 Å². The standard InChI is InChI=1S/C30H33N3O3S/c1-6-30(5)16-26-22(17-35-30)15-25-27(31-26)32-29(33(28(25)34)23-11-7-20(4)8-12-23)37-18-21-9-13-24(14-10-21)36-19(2)3/h7-15,19H,6,16-18H2,1-5H3/t30-/m0/s1. The van der Waals surface area contributed by atoms with Crippen molar-refractivity contribution >= 4 is 22.8 Å². The number of nitrogens with zero attached hydrogens (tertiary/aromatic N) is 3. The zero-order chi connectivity index (χ0) is 26.2. The molecule has 37 heavy (non-hydrogen) atoms. The highest BCUT2D eigenvalue weighted by molar-refractivity contribution is 7.98. The van der Waals surface area contributed by atoms with Crippen molar-refractivity contribution in [3.05, 3.63) is 87.3 Å². The van der Waals surface area contributed by atoms with Gasteiger partial charge in [0.15, 0.2) is 10.8 Å². The third-order valence-electron chi connectivity index (χ3n) is 6.82. The normalized spacial score (nSPS) is 17.2. The Morgan fingerprint density at radius 2 is 1.84 bits per heavy atom. The Balaban J connectivity index is 1.56. The molecule has 0 unspecified atom stereocenters. The second kappa shape index (κ2) is 10.3. The van der Waals surface area contributed by atoms with Crippen LogP contribution in [0, 0.1) is 6.92 Å². The molecule has 3 heterocycles. The van der Waals surface area contributed by atoms with E-state index in [9.17, 15) is 4.79 Å². The molecule has 1 aliphatic heterocycles. The lowest BCUT2D eigenvalue weighted by atomic mass is 9.91. The van der Waals surface area contributed by atoms with Gasteiger partial charge >= 0.3 is 0 Å². The molecule has 6 nitrogen and oxygen atoms in total. The Kier molecular flexibility index (Phi) is 7.10. The topological polar surface area (TPSA) is 66.2 Å². The van der Waals surface area contributed by atoms with Gasteiger partial charge in [0.05, 0.1) is 35.1 Å². The molecule has 5 rings (SSSR count). The van der Waals surface area contributed by atoms with E-state index in [1.807, 2.05) is 63.2 Å². The van der Waals surface area contributed by atoms with E-state index in [0.29, 0.717) is 35.0 Å². The highest BCUT2D eigenvalue weighted by Gasteiger charge is 2.31. The van der Waals surface area contributed by atoms with Gasteiger partial charge in [0.25, 0.3) is 5.56 Å². The quantitative estimate of drug-likeness (QED) is 0.209. The third-order valence-corrected chi connectivity index (χ3v) is 7.83. The zero-order valence-corrected chi connectivity index (χ0v) is 22.9. The van der Waals surface area contributed by atoms with E-state index in [2.05, 4.69) is 26.0 Å². The number of pyridine rings is 1. The summed E-state index contributed by atoms with van der Waals surface area (Å²) in [5.74, 6) is 1.51. The Morgan fingerprint density at radius 1 is 1.11 bits per heavy atom. The Labute approximate surface area is 222 Å². The number of rotatable bonds is 7. The van der Waals surface area contributed by atoms with Gasteiger partial charge in [-0.05, 0) is 70.0 Å². The van der Waals surface area contributed by atoms with Crippen molar-refractivity contribution in [1.29, 1.82) is 0 Å². The molecule has 0 amide bonds. The number of aromatic nitrogens is 3. The van der Waals surface area contributed by atoms with Gasteiger partial charge in [-0.25, -0.2) is 9.97 Å². The van der Waals surface area contributed by atoms with Gasteiger partial charge in [0.1, 0.15) is 5.75 Å². The molecular formula is C30H33N3O3S. The summed E-state index contributed by atoms with van der Waals surface area (Å²) in [4.78, 5) is 23.7. The van der Waals surface area contributed by atoms with Crippen LogP contribution in [0.5, 0.6) is 5.75 Å². The fourth-order valence-electron chi connectivity index (χ4n) is 4.44. The van der Waals surface area contributed by atoms with Gasteiger partial charge in [-0.2, -0.15) is 0 Å². The number of benzene rings is 2. The molecule has 0 radical (unpaired) electrons. The number of fused-ring (bicyclic) bond motifs is 2. The van der Waals surface area contributed by atoms with Gasteiger partial charge in [0, 0.05) is 17.7 Å². The highest BCUT2D eigenvalue weighted by atomic mass is 32.2. The van der Waals surface area contributed by atoms with Gasteiger partial charge in [-0.15, -0.1) is 0 Å². The molecule has 4 aromatic rings. The van der Waals surface area contributed by atoms with Crippen molar-refractivity contribution in [3.63, 3.8) is 0 Å². The average Bonchev–Trinajstić information content (AvgIpc) is 2.88. The maximum Gasteiger partial charge on any atom is 0.268 e. The van der Waals surface area contributed by atoms with Crippen molar-refractivity contribution in [2.24, 2.45) is 0 Å². The van der Waals surface area contributed by atoms with E-state index >= 15 is 0 Å². The molecular weight excluding hydrogens is 482 g/mol. The molecule has 1 aliphatic rings. The van der Waals surface area contributed by atoms with Crippen LogP contribution in [0.2, 0.25) is 0 Å². The van der Waals surface area contributed by atoms with Crippen molar-refractivity contribution in [1.82, 2.24) is 14.5 Å². The molecule has 0 spiro atoms. The largest absolute Gasteiger partial charge is 0.491 e. The summed E-state index contributed by atoms with van der Waals surface area (Å²) in [6.07, 6.45) is 1.74. The van der Waals surface area contributed by atoms with Crippen LogP contribution in [0.1, 0.15) is 56.5 Å². The molecule has 0 saturated heterocycles. The molecule has 1 atom stereocenters. The molecule has 0 saturated carbocycles. The van der Waals surface area contributed by atoms with E-state index in [0.717, 1.165) is 40.2 Å². The molecule has 0 fully saturated rings. The summed E-state index contributed by atoms with van der Waals surface area (Å²) >= 11 is 1.54. The average molecular weight is 516 g/mol. The fourth-order valence-corrected chi connectivity index (χ4v) is 5.39. The van der Waals surface area contributed by atoms with Crippen LogP contribution in [0.3, 0.4) is 0 Å². The lowest BCUT2D eigenvalue weighted by molar-refractivity contribution is -0.0573. The predicted octanol–water partition coefficient (Wildman–Crippen LogP) is 6.41. The third kappa shape index (κ3) is 5.43. The lowest BCUT2D eigenvalue weighted by Gasteiger charge is -2.33. The van der Waals surface area contributed by atoms with Crippen molar-refractivity contribution in [2.75, 3.05) is 0 Å². The predicted molar refractivity (Wildman–Crippen MR) is 149 cm³/mol. The maximum absolute atomic E-state index is 13.9. The lowest BCUT2D eigenvalue weighted by Crippen LogP contribution is -2.35. The minimum Gasteiger partial charge on any atom is -0.491 e. The van der Waals surface area contributed by atoms with Crippen LogP contribution in [-0.4, -0.2) is 26.2 Å². The van der Waals surface area contributed by atoms with Gasteiger partial charge in [-0.1, -0.05) is 48.5 Å². The van der Waals surface area contributed by atoms with Crippen LogP contribution in [0.15, 0.2) is 64.5 Å². The van der Waals surface area contributed by atoms with Crippen LogP contribution in [0.4, 0.5) is 0 Å². The molecule has 0 N–H and O–H groups in total. The molecule has 192 valence electrons. The Hall–Kier alpha value is -3.16. The van der Waals surface area contributed by atoms with Crippen molar-refractivity contribution in [3.8, 4) is 11.4 Å². The van der Waals surface area contributed by atoms with Gasteiger partial charge in [-0.3, -0.25) is 9.36 Å². The second-order valence-electron chi connectivity index (χ2n) is 10.2. The molecule has 0 aliphatic carbocycles. The van der Waals surface area contributed by atoms with E-state index in [-0.39, 0.29) is 17.3 Å². The van der Waals surface area contributed by atoms with E-state index in [1.54, 1.807) is 4.57 Å². The van der Waals surface area contributed by atoms with Crippen LogP contribution in [0.25, 0.3) is 16.7 Å². The fraction of sp³-hybridized carbons (Fsp3) is 0.367. The second-order valence-corrected chi connectivity index (χ2v) is 11.1. The first kappa shape index (κ1) is 25.5. The zero-order valence-electron chi connectivity index (χ0n) is 22.1. The minimum atomic E-state index is -0.242. The van der Waals surface area contributed by atoms with Crippen LogP contribution in [-0.2, 0) is 23.5 Å². The maximum atomic E-state index is 13.9. The number of hydrogen-bond donors (Lipinski definition) is 0. The van der Waals surface area contributed by atoms with Gasteiger partial charge in [0.2, 0.25) is 0 Å². The van der Waals surface area contributed by atoms with Crippen molar-refractivity contribution in [2.45, 2.75) is 76.7 Å².